The van der Waals surface area contributed by atoms with Gasteiger partial charge in [0.15, 0.2) is 0 Å². The molecular weight excluding hydrogens is 216 g/mol. The average molecular weight is 232 g/mol. The van der Waals surface area contributed by atoms with Crippen molar-refractivity contribution in [2.24, 2.45) is 0 Å². The summed E-state index contributed by atoms with van der Waals surface area (Å²) in [5, 5.41) is 12.0. The minimum Gasteiger partial charge on any atom is -0.464 e. The Bertz CT molecular complexity index is 447. The Morgan fingerprint density at radius 1 is 1.47 bits per heavy atom. The van der Waals surface area contributed by atoms with Crippen LogP contribution < -0.4 is 5.32 Å². The highest BCUT2D eigenvalue weighted by Gasteiger charge is 2.29. The Balaban J connectivity index is 2.90. The van der Waals surface area contributed by atoms with Crippen molar-refractivity contribution in [2.45, 2.75) is 26.3 Å². The fourth-order valence-electron chi connectivity index (χ4n) is 1.39. The van der Waals surface area contributed by atoms with Gasteiger partial charge >= 0.3 is 5.97 Å². The van der Waals surface area contributed by atoms with Gasteiger partial charge in [-0.1, -0.05) is 12.1 Å². The summed E-state index contributed by atoms with van der Waals surface area (Å²) in [6, 6.07) is 9.12. The molecule has 0 fully saturated rings. The molecule has 1 aromatic rings. The van der Waals surface area contributed by atoms with E-state index in [-0.39, 0.29) is 5.97 Å². The van der Waals surface area contributed by atoms with Gasteiger partial charge in [-0.2, -0.15) is 5.26 Å². The van der Waals surface area contributed by atoms with E-state index in [1.807, 2.05) is 6.07 Å². The molecule has 1 aromatic carbocycles. The van der Waals surface area contributed by atoms with Crippen LogP contribution in [-0.4, -0.2) is 18.1 Å². The Morgan fingerprint density at radius 3 is 2.71 bits per heavy atom. The monoisotopic (exact) mass is 232 g/mol. The minimum absolute atomic E-state index is 0.337. The number of esters is 1. The molecule has 1 N–H and O–H groups in total. The first kappa shape index (κ1) is 13.0. The van der Waals surface area contributed by atoms with Crippen LogP contribution >= 0.6 is 0 Å². The maximum atomic E-state index is 11.7. The zero-order chi connectivity index (χ0) is 12.9. The first-order chi connectivity index (χ1) is 8.01. The number of hydrogen-bond acceptors (Lipinski definition) is 4. The molecule has 0 unspecified atom stereocenters. The summed E-state index contributed by atoms with van der Waals surface area (Å²) in [6.07, 6.45) is 0. The standard InChI is InChI=1S/C13H16N2O2/c1-4-17-12(16)13(2,3)15-11-8-6-5-7-10(11)9-14/h5-8,15H,4H2,1-3H3. The number of anilines is 1. The lowest BCUT2D eigenvalue weighted by molar-refractivity contribution is -0.147. The molecule has 0 aromatic heterocycles. The predicted octanol–water partition coefficient (Wildman–Crippen LogP) is 2.31. The van der Waals surface area contributed by atoms with Gasteiger partial charge in [0, 0.05) is 0 Å². The van der Waals surface area contributed by atoms with Crippen molar-refractivity contribution in [3.63, 3.8) is 0 Å². The first-order valence-corrected chi connectivity index (χ1v) is 5.45. The van der Waals surface area contributed by atoms with Crippen LogP contribution in [0.5, 0.6) is 0 Å². The lowest BCUT2D eigenvalue weighted by atomic mass is 10.0. The molecule has 0 heterocycles. The van der Waals surface area contributed by atoms with E-state index in [9.17, 15) is 4.79 Å². The van der Waals surface area contributed by atoms with Crippen LogP contribution in [-0.2, 0) is 9.53 Å². The molecule has 0 spiro atoms. The van der Waals surface area contributed by atoms with Gasteiger partial charge in [0.1, 0.15) is 11.6 Å². The summed E-state index contributed by atoms with van der Waals surface area (Å²) in [5.41, 5.74) is 0.279. The number of carbonyl (C=O) groups is 1. The third-order valence-electron chi connectivity index (χ3n) is 2.28. The van der Waals surface area contributed by atoms with Gasteiger partial charge in [0.05, 0.1) is 17.9 Å². The molecule has 0 aliphatic rings. The van der Waals surface area contributed by atoms with Crippen molar-refractivity contribution in [3.8, 4) is 6.07 Å². The van der Waals surface area contributed by atoms with E-state index in [0.717, 1.165) is 0 Å². The maximum Gasteiger partial charge on any atom is 0.331 e. The normalized spacial score (nSPS) is 10.5. The molecule has 4 heteroatoms. The number of hydrogen-bond donors (Lipinski definition) is 1. The second kappa shape index (κ2) is 5.35. The predicted molar refractivity (Wildman–Crippen MR) is 65.5 cm³/mol. The van der Waals surface area contributed by atoms with E-state index in [0.29, 0.717) is 17.9 Å². The molecule has 0 atom stereocenters. The summed E-state index contributed by atoms with van der Waals surface area (Å²) in [7, 11) is 0. The SMILES string of the molecule is CCOC(=O)C(C)(C)Nc1ccccc1C#N. The van der Waals surface area contributed by atoms with E-state index in [4.69, 9.17) is 10.00 Å². The molecule has 0 bridgehead atoms. The van der Waals surface area contributed by atoms with Crippen LogP contribution in [0.2, 0.25) is 0 Å². The van der Waals surface area contributed by atoms with E-state index < -0.39 is 5.54 Å². The van der Waals surface area contributed by atoms with Crippen molar-refractivity contribution in [3.05, 3.63) is 29.8 Å². The Morgan fingerprint density at radius 2 is 2.12 bits per heavy atom. The summed E-state index contributed by atoms with van der Waals surface area (Å²) < 4.78 is 4.97. The van der Waals surface area contributed by atoms with Crippen LogP contribution in [0, 0.1) is 11.3 Å². The van der Waals surface area contributed by atoms with Crippen LogP contribution in [0.3, 0.4) is 0 Å². The second-order valence-corrected chi connectivity index (χ2v) is 4.13. The van der Waals surface area contributed by atoms with Gasteiger partial charge in [-0.3, -0.25) is 0 Å². The Hall–Kier alpha value is -2.02. The van der Waals surface area contributed by atoms with Gasteiger partial charge < -0.3 is 10.1 Å². The smallest absolute Gasteiger partial charge is 0.331 e. The molecule has 0 aliphatic carbocycles. The van der Waals surface area contributed by atoms with E-state index in [1.165, 1.54) is 0 Å². The summed E-state index contributed by atoms with van der Waals surface area (Å²) in [4.78, 5) is 11.7. The third kappa shape index (κ3) is 3.22. The Kier molecular flexibility index (Phi) is 4.11. The van der Waals surface area contributed by atoms with Crippen molar-refractivity contribution in [1.29, 1.82) is 5.26 Å². The molecule has 0 saturated carbocycles. The van der Waals surface area contributed by atoms with Gasteiger partial charge in [-0.15, -0.1) is 0 Å². The summed E-state index contributed by atoms with van der Waals surface area (Å²) in [5.74, 6) is -0.340. The number of ether oxygens (including phenoxy) is 1. The quantitative estimate of drug-likeness (QED) is 0.809. The maximum absolute atomic E-state index is 11.7. The van der Waals surface area contributed by atoms with Gasteiger partial charge in [0.2, 0.25) is 0 Å². The Labute approximate surface area is 101 Å². The number of nitrogens with zero attached hydrogens (tertiary/aromatic N) is 1. The molecule has 1 rings (SSSR count). The molecule has 0 radical (unpaired) electrons. The lowest BCUT2D eigenvalue weighted by Gasteiger charge is -2.25. The largest absolute Gasteiger partial charge is 0.464 e. The highest BCUT2D eigenvalue weighted by Crippen LogP contribution is 2.20. The topological polar surface area (TPSA) is 62.1 Å². The average Bonchev–Trinajstić information content (AvgIpc) is 2.29. The van der Waals surface area contributed by atoms with Gasteiger partial charge in [0.25, 0.3) is 0 Å². The summed E-state index contributed by atoms with van der Waals surface area (Å²) >= 11 is 0. The fourth-order valence-corrected chi connectivity index (χ4v) is 1.39. The number of nitriles is 1. The van der Waals surface area contributed by atoms with Crippen LogP contribution in [0.1, 0.15) is 26.3 Å². The molecule has 0 saturated heterocycles. The van der Waals surface area contributed by atoms with E-state index in [2.05, 4.69) is 11.4 Å². The van der Waals surface area contributed by atoms with Crippen molar-refractivity contribution in [1.82, 2.24) is 0 Å². The van der Waals surface area contributed by atoms with Gasteiger partial charge in [-0.25, -0.2) is 4.79 Å². The zero-order valence-corrected chi connectivity index (χ0v) is 10.3. The number of nitrogens with one attached hydrogen (secondary N) is 1. The number of para-hydroxylation sites is 1. The highest BCUT2D eigenvalue weighted by atomic mass is 16.5. The van der Waals surface area contributed by atoms with Gasteiger partial charge in [-0.05, 0) is 32.9 Å². The van der Waals surface area contributed by atoms with E-state index in [1.54, 1.807) is 39.0 Å². The molecule has 0 aliphatic heterocycles. The van der Waals surface area contributed by atoms with Crippen molar-refractivity contribution >= 4 is 11.7 Å². The molecule has 17 heavy (non-hydrogen) atoms. The number of rotatable bonds is 4. The van der Waals surface area contributed by atoms with E-state index >= 15 is 0 Å². The first-order valence-electron chi connectivity index (χ1n) is 5.45. The number of carbonyl (C=O) groups excluding carboxylic acids is 1. The second-order valence-electron chi connectivity index (χ2n) is 4.13. The molecule has 0 amide bonds. The minimum atomic E-state index is -0.858. The fraction of sp³-hybridized carbons (Fsp3) is 0.385. The zero-order valence-electron chi connectivity index (χ0n) is 10.3. The number of benzene rings is 1. The lowest BCUT2D eigenvalue weighted by Crippen LogP contribution is -2.41. The highest BCUT2D eigenvalue weighted by molar-refractivity contribution is 5.84. The summed E-state index contributed by atoms with van der Waals surface area (Å²) in [6.45, 7) is 5.54. The molecule has 4 nitrogen and oxygen atoms in total. The van der Waals surface area contributed by atoms with Crippen molar-refractivity contribution < 1.29 is 9.53 Å². The molecule has 90 valence electrons. The molecular formula is C13H16N2O2. The van der Waals surface area contributed by atoms with Crippen LogP contribution in [0.15, 0.2) is 24.3 Å². The third-order valence-corrected chi connectivity index (χ3v) is 2.28. The van der Waals surface area contributed by atoms with Crippen LogP contribution in [0.4, 0.5) is 5.69 Å². The van der Waals surface area contributed by atoms with Crippen molar-refractivity contribution in [2.75, 3.05) is 11.9 Å². The van der Waals surface area contributed by atoms with Crippen LogP contribution in [0.25, 0.3) is 0 Å².